The fourth-order valence-electron chi connectivity index (χ4n) is 1.74. The summed E-state index contributed by atoms with van der Waals surface area (Å²) in [7, 11) is 0. The first kappa shape index (κ1) is 14.1. The lowest BCUT2D eigenvalue weighted by Crippen LogP contribution is -2.50. The molecular formula is C11H18N2O3S. The van der Waals surface area contributed by atoms with E-state index in [0.717, 1.165) is 5.75 Å². The quantitative estimate of drug-likeness (QED) is 0.525. The highest BCUT2D eigenvalue weighted by Crippen LogP contribution is 2.18. The van der Waals surface area contributed by atoms with E-state index in [9.17, 15) is 9.59 Å². The standard InChI is InChI=1S/C11H18N2O3S/c1-2-3-12-7-10(14)13-4-5-17-8-9(13)6-11(15)16/h2,9,12H,1,3-8H2,(H,15,16). The van der Waals surface area contributed by atoms with Crippen LogP contribution in [0.15, 0.2) is 12.7 Å². The average molecular weight is 258 g/mol. The number of hydrogen-bond donors (Lipinski definition) is 2. The molecule has 1 atom stereocenters. The molecule has 0 aliphatic carbocycles. The van der Waals surface area contributed by atoms with Gasteiger partial charge in [0.05, 0.1) is 19.0 Å². The largest absolute Gasteiger partial charge is 0.481 e. The number of amides is 1. The Labute approximate surface area is 105 Å². The summed E-state index contributed by atoms with van der Waals surface area (Å²) < 4.78 is 0. The maximum absolute atomic E-state index is 11.9. The summed E-state index contributed by atoms with van der Waals surface area (Å²) >= 11 is 1.70. The van der Waals surface area contributed by atoms with Gasteiger partial charge in [-0.1, -0.05) is 6.08 Å². The molecule has 5 nitrogen and oxygen atoms in total. The minimum absolute atomic E-state index is 0.0280. The summed E-state index contributed by atoms with van der Waals surface area (Å²) in [6.45, 7) is 5.02. The molecule has 96 valence electrons. The molecule has 1 rings (SSSR count). The zero-order chi connectivity index (χ0) is 12.7. The molecule has 1 aliphatic rings. The van der Waals surface area contributed by atoms with E-state index < -0.39 is 5.97 Å². The first-order chi connectivity index (χ1) is 8.15. The van der Waals surface area contributed by atoms with Crippen LogP contribution in [0.4, 0.5) is 0 Å². The van der Waals surface area contributed by atoms with Gasteiger partial charge in [0.25, 0.3) is 0 Å². The minimum Gasteiger partial charge on any atom is -0.481 e. The van der Waals surface area contributed by atoms with Crippen LogP contribution >= 0.6 is 11.8 Å². The van der Waals surface area contributed by atoms with Gasteiger partial charge in [-0.3, -0.25) is 9.59 Å². The van der Waals surface area contributed by atoms with Gasteiger partial charge in [-0.2, -0.15) is 11.8 Å². The Kier molecular flexibility index (Phi) is 6.07. The van der Waals surface area contributed by atoms with Gasteiger partial charge in [0, 0.05) is 24.6 Å². The summed E-state index contributed by atoms with van der Waals surface area (Å²) in [5.74, 6) is 0.704. The van der Waals surface area contributed by atoms with Crippen molar-refractivity contribution >= 4 is 23.6 Å². The SMILES string of the molecule is C=CCNCC(=O)N1CCSCC1CC(=O)O. The summed E-state index contributed by atoms with van der Waals surface area (Å²) in [5, 5.41) is 11.7. The van der Waals surface area contributed by atoms with Gasteiger partial charge in [-0.25, -0.2) is 0 Å². The Morgan fingerprint density at radius 3 is 3.00 bits per heavy atom. The van der Waals surface area contributed by atoms with Crippen LogP contribution in [-0.2, 0) is 9.59 Å². The molecule has 1 heterocycles. The van der Waals surface area contributed by atoms with Crippen molar-refractivity contribution in [1.29, 1.82) is 0 Å². The Bertz CT molecular complexity index is 296. The molecule has 0 saturated carbocycles. The molecule has 2 N–H and O–H groups in total. The lowest BCUT2D eigenvalue weighted by Gasteiger charge is -2.34. The molecule has 0 bridgehead atoms. The summed E-state index contributed by atoms with van der Waals surface area (Å²) in [6, 6.07) is -0.177. The molecule has 0 aromatic rings. The molecule has 17 heavy (non-hydrogen) atoms. The van der Waals surface area contributed by atoms with E-state index in [-0.39, 0.29) is 24.9 Å². The Hall–Kier alpha value is -1.01. The van der Waals surface area contributed by atoms with Crippen molar-refractivity contribution in [1.82, 2.24) is 10.2 Å². The van der Waals surface area contributed by atoms with Crippen molar-refractivity contribution in [2.45, 2.75) is 12.5 Å². The molecule has 0 aromatic heterocycles. The number of carbonyl (C=O) groups excluding carboxylic acids is 1. The molecule has 1 saturated heterocycles. The molecule has 0 aromatic carbocycles. The number of nitrogens with one attached hydrogen (secondary N) is 1. The fraction of sp³-hybridized carbons (Fsp3) is 0.636. The van der Waals surface area contributed by atoms with Crippen molar-refractivity contribution in [3.63, 3.8) is 0 Å². The molecule has 6 heteroatoms. The van der Waals surface area contributed by atoms with Gasteiger partial charge < -0.3 is 15.3 Å². The second-order valence-electron chi connectivity index (χ2n) is 3.83. The molecule has 0 radical (unpaired) electrons. The highest BCUT2D eigenvalue weighted by Gasteiger charge is 2.28. The van der Waals surface area contributed by atoms with Gasteiger partial charge in [0.1, 0.15) is 0 Å². The molecular weight excluding hydrogens is 240 g/mol. The van der Waals surface area contributed by atoms with Crippen molar-refractivity contribution in [3.05, 3.63) is 12.7 Å². The van der Waals surface area contributed by atoms with Crippen molar-refractivity contribution in [3.8, 4) is 0 Å². The number of aliphatic carboxylic acids is 1. The molecule has 1 amide bonds. The zero-order valence-corrected chi connectivity index (χ0v) is 10.5. The maximum atomic E-state index is 11.9. The van der Waals surface area contributed by atoms with Crippen LogP contribution in [0.5, 0.6) is 0 Å². The number of nitrogens with zero attached hydrogens (tertiary/aromatic N) is 1. The van der Waals surface area contributed by atoms with Gasteiger partial charge in [0.15, 0.2) is 0 Å². The highest BCUT2D eigenvalue weighted by atomic mass is 32.2. The van der Waals surface area contributed by atoms with E-state index in [0.29, 0.717) is 18.8 Å². The Morgan fingerprint density at radius 1 is 1.59 bits per heavy atom. The fourth-order valence-corrected chi connectivity index (χ4v) is 2.80. The van der Waals surface area contributed by atoms with Crippen LogP contribution < -0.4 is 5.32 Å². The predicted octanol–water partition coefficient (Wildman–Crippen LogP) is 0.181. The maximum Gasteiger partial charge on any atom is 0.305 e. The smallest absolute Gasteiger partial charge is 0.305 e. The zero-order valence-electron chi connectivity index (χ0n) is 9.72. The van der Waals surface area contributed by atoms with Gasteiger partial charge in [-0.05, 0) is 0 Å². The lowest BCUT2D eigenvalue weighted by atomic mass is 10.2. The minimum atomic E-state index is -0.852. The van der Waals surface area contributed by atoms with Gasteiger partial charge >= 0.3 is 5.97 Å². The molecule has 1 unspecified atom stereocenters. The van der Waals surface area contributed by atoms with Crippen molar-refractivity contribution < 1.29 is 14.7 Å². The molecule has 1 fully saturated rings. The van der Waals surface area contributed by atoms with Crippen molar-refractivity contribution in [2.24, 2.45) is 0 Å². The summed E-state index contributed by atoms with van der Waals surface area (Å²) in [6.07, 6.45) is 1.72. The van der Waals surface area contributed by atoms with E-state index in [2.05, 4.69) is 11.9 Å². The van der Waals surface area contributed by atoms with Crippen LogP contribution in [0.25, 0.3) is 0 Å². The topological polar surface area (TPSA) is 69.6 Å². The van der Waals surface area contributed by atoms with Crippen LogP contribution in [-0.4, -0.2) is 59.1 Å². The van der Waals surface area contributed by atoms with E-state index in [4.69, 9.17) is 5.11 Å². The van der Waals surface area contributed by atoms with E-state index >= 15 is 0 Å². The van der Waals surface area contributed by atoms with E-state index in [1.165, 1.54) is 0 Å². The summed E-state index contributed by atoms with van der Waals surface area (Å²) in [4.78, 5) is 24.3. The molecule has 0 spiro atoms. The third-order valence-electron chi connectivity index (χ3n) is 2.52. The highest BCUT2D eigenvalue weighted by molar-refractivity contribution is 7.99. The monoisotopic (exact) mass is 258 g/mol. The second kappa shape index (κ2) is 7.34. The number of rotatable bonds is 6. The Morgan fingerprint density at radius 2 is 2.35 bits per heavy atom. The first-order valence-corrected chi connectivity index (χ1v) is 6.71. The number of carboxylic acid groups (broad SMARTS) is 1. The van der Waals surface area contributed by atoms with Crippen molar-refractivity contribution in [2.75, 3.05) is 31.1 Å². The number of carboxylic acids is 1. The number of thioether (sulfide) groups is 1. The normalized spacial score (nSPS) is 20.0. The average Bonchev–Trinajstić information content (AvgIpc) is 2.29. The van der Waals surface area contributed by atoms with Gasteiger partial charge in [0.2, 0.25) is 5.91 Å². The molecule has 1 aliphatic heterocycles. The number of hydrogen-bond acceptors (Lipinski definition) is 4. The van der Waals surface area contributed by atoms with E-state index in [1.54, 1.807) is 22.7 Å². The third kappa shape index (κ3) is 4.79. The first-order valence-electron chi connectivity index (χ1n) is 5.55. The van der Waals surface area contributed by atoms with E-state index in [1.807, 2.05) is 0 Å². The second-order valence-corrected chi connectivity index (χ2v) is 4.98. The van der Waals surface area contributed by atoms with Crippen LogP contribution in [0.3, 0.4) is 0 Å². The lowest BCUT2D eigenvalue weighted by molar-refractivity contribution is -0.140. The summed E-state index contributed by atoms with van der Waals surface area (Å²) in [5.41, 5.74) is 0. The van der Waals surface area contributed by atoms with Crippen LogP contribution in [0.2, 0.25) is 0 Å². The third-order valence-corrected chi connectivity index (χ3v) is 3.61. The van der Waals surface area contributed by atoms with Crippen LogP contribution in [0.1, 0.15) is 6.42 Å². The predicted molar refractivity (Wildman–Crippen MR) is 68.1 cm³/mol. The Balaban J connectivity index is 2.48. The number of carbonyl (C=O) groups is 2. The van der Waals surface area contributed by atoms with Crippen LogP contribution in [0, 0.1) is 0 Å². The van der Waals surface area contributed by atoms with Gasteiger partial charge in [-0.15, -0.1) is 6.58 Å².